The number of carbonyl (C=O) groups excluding carboxylic acids is 3. The van der Waals surface area contributed by atoms with Gasteiger partial charge in [0.25, 0.3) is 0 Å². The number of halogens is 7. The number of hydrazine groups is 1. The van der Waals surface area contributed by atoms with Gasteiger partial charge in [0.05, 0.1) is 23.7 Å². The third-order valence-electron chi connectivity index (χ3n) is 14.3. The van der Waals surface area contributed by atoms with Crippen molar-refractivity contribution in [2.75, 3.05) is 65.4 Å². The van der Waals surface area contributed by atoms with E-state index in [-0.39, 0.29) is 78.5 Å². The molecular weight excluding hydrogens is 1170 g/mol. The van der Waals surface area contributed by atoms with Gasteiger partial charge in [-0.05, 0) is 20.0 Å². The van der Waals surface area contributed by atoms with Crippen molar-refractivity contribution in [3.05, 3.63) is 53.6 Å². The summed E-state index contributed by atoms with van der Waals surface area (Å²) in [6, 6.07) is 1.47. The number of pyridine rings is 1. The Balaban J connectivity index is 1.30. The Kier molecular flexibility index (Phi) is 17.9. The molecule has 14 nitrogen and oxygen atoms in total. The van der Waals surface area contributed by atoms with Gasteiger partial charge in [0, 0.05) is 38.9 Å². The Morgan fingerprint density at radius 2 is 1.77 bits per heavy atom. The summed E-state index contributed by atoms with van der Waals surface area (Å²) >= 11 is 1.42. The summed E-state index contributed by atoms with van der Waals surface area (Å²) in [5.74, 6) is -0.275. The predicted octanol–water partition coefficient (Wildman–Crippen LogP) is 7.31. The molecule has 75 heavy (non-hydrogen) atoms. The van der Waals surface area contributed by atoms with Crippen molar-refractivity contribution in [2.24, 2.45) is 28.2 Å². The molecule has 7 rings (SSSR count). The number of nitrogens with zero attached hydrogens (tertiary/aromatic N) is 7. The molecule has 2 N–H and O–H groups in total. The number of cyclic esters (lactones) is 1. The number of piperazine rings is 1. The summed E-state index contributed by atoms with van der Waals surface area (Å²) in [7, 11) is 5.08. The zero-order valence-corrected chi connectivity index (χ0v) is 45.8. The number of ether oxygens (including phenoxy) is 2. The second kappa shape index (κ2) is 23.3. The summed E-state index contributed by atoms with van der Waals surface area (Å²) in [6.07, 6.45) is -4.78. The molecule has 2 saturated heterocycles. The van der Waals surface area contributed by atoms with E-state index in [0.29, 0.717) is 52.6 Å². The van der Waals surface area contributed by atoms with Gasteiger partial charge in [-0.1, -0.05) is 0 Å². The molecule has 22 heteroatoms. The van der Waals surface area contributed by atoms with Crippen LogP contribution in [0.5, 0.6) is 0 Å². The van der Waals surface area contributed by atoms with E-state index in [0.717, 1.165) is 23.7 Å². The molecule has 410 valence electrons. The number of hydrogen-bond donors (Lipinski definition) is 2. The SMILES string of the molecule is [CH-]=C1N=[C-]C[C@H](N[C](=[Os])[C@H](C(C)C)N(C)C(=O)C2CC(C#CC(F)(F)F)C2)C(=O)N2CCC[C@H](N2)C(=O)OCC(C)(C)Cc2c(-c3cc(N4CCN(C)CC4)cnc3[C@H](C)OC)n(CC(F)(F)F)c3cc(F)c1cc23. The van der Waals surface area contributed by atoms with E-state index < -0.39 is 78.1 Å². The fourth-order valence-electron chi connectivity index (χ4n) is 10.2. The van der Waals surface area contributed by atoms with Crippen LogP contribution in [0.3, 0.4) is 0 Å². The number of alkyl halides is 6. The number of methoxy groups -OCH3 is 1. The number of anilines is 1. The van der Waals surface area contributed by atoms with Crippen molar-refractivity contribution < 1.29 is 72.7 Å². The van der Waals surface area contributed by atoms with Gasteiger partial charge in [0.15, 0.2) is 0 Å². The van der Waals surface area contributed by atoms with Gasteiger partial charge >= 0.3 is 323 Å². The summed E-state index contributed by atoms with van der Waals surface area (Å²) in [6.45, 7) is 17.0. The van der Waals surface area contributed by atoms with Gasteiger partial charge in [0.2, 0.25) is 0 Å². The number of nitrogens with one attached hydrogen (secondary N) is 2. The quantitative estimate of drug-likeness (QED) is 0.0872. The van der Waals surface area contributed by atoms with E-state index in [1.165, 1.54) is 47.2 Å². The molecule has 1 saturated carbocycles. The number of hydrogen-bond acceptors (Lipinski definition) is 11. The monoisotopic (exact) mass is 1230 g/mol. The van der Waals surface area contributed by atoms with Crippen LogP contribution in [-0.2, 0) is 55.0 Å². The number of rotatable bonds is 11. The first-order valence-electron chi connectivity index (χ1n) is 25.0. The second-order valence-corrected chi connectivity index (χ2v) is 22.5. The molecule has 3 aliphatic heterocycles. The van der Waals surface area contributed by atoms with E-state index in [2.05, 4.69) is 37.7 Å². The number of aromatic nitrogens is 2. The fraction of sp³-hybridized carbons (Fsp3) is 0.585. The van der Waals surface area contributed by atoms with Gasteiger partial charge in [-0.25, -0.2) is 0 Å². The zero-order valence-electron chi connectivity index (χ0n) is 43.3. The predicted molar refractivity (Wildman–Crippen MR) is 266 cm³/mol. The Morgan fingerprint density at radius 1 is 1.08 bits per heavy atom. The Morgan fingerprint density at radius 3 is 2.41 bits per heavy atom. The first-order valence-corrected chi connectivity index (χ1v) is 26.2. The molecule has 0 radical (unpaired) electrons. The summed E-state index contributed by atoms with van der Waals surface area (Å²) in [4.78, 5) is 57.2. The van der Waals surface area contributed by atoms with Crippen LogP contribution in [-0.4, -0.2) is 144 Å². The van der Waals surface area contributed by atoms with Gasteiger partial charge in [-0.3, -0.25) is 4.98 Å². The maximum atomic E-state index is 16.7. The minimum absolute atomic E-state index is 0.0272. The number of esters is 1. The molecule has 2 amide bonds. The van der Waals surface area contributed by atoms with Crippen LogP contribution < -0.4 is 15.6 Å². The maximum absolute atomic E-state index is 16.7. The minimum atomic E-state index is -4.78. The number of benzene rings is 1. The normalized spacial score (nSPS) is 23.0. The van der Waals surface area contributed by atoms with E-state index >= 15 is 4.39 Å². The van der Waals surface area contributed by atoms with E-state index in [1.807, 2.05) is 40.8 Å². The van der Waals surface area contributed by atoms with Crippen LogP contribution in [0.25, 0.3) is 27.9 Å². The van der Waals surface area contributed by atoms with Gasteiger partial charge in [-0.15, -0.1) is 0 Å². The van der Waals surface area contributed by atoms with Crippen LogP contribution in [0.1, 0.15) is 89.6 Å². The summed E-state index contributed by atoms with van der Waals surface area (Å²) < 4.78 is 113. The third kappa shape index (κ3) is 13.7. The average Bonchev–Trinajstić information content (AvgIpc) is 3.59. The summed E-state index contributed by atoms with van der Waals surface area (Å²) in [5.41, 5.74) is 3.28. The van der Waals surface area contributed by atoms with Crippen molar-refractivity contribution >= 4 is 50.5 Å². The molecule has 4 bridgehead atoms. The van der Waals surface area contributed by atoms with Crippen molar-refractivity contribution in [3.8, 4) is 23.1 Å². The van der Waals surface area contributed by atoms with Crippen molar-refractivity contribution in [1.29, 1.82) is 0 Å². The van der Waals surface area contributed by atoms with Crippen LogP contribution in [0.4, 0.5) is 36.4 Å². The first kappa shape index (κ1) is 57.6. The topological polar surface area (TPSA) is 137 Å². The number of aliphatic imine (C=N–C) groups is 1. The van der Waals surface area contributed by atoms with Crippen molar-refractivity contribution in [2.45, 2.75) is 116 Å². The van der Waals surface area contributed by atoms with E-state index in [1.54, 1.807) is 20.2 Å². The van der Waals surface area contributed by atoms with Crippen LogP contribution in [0.15, 0.2) is 29.4 Å². The molecular formula is C53H64F7N9O5Os-2. The van der Waals surface area contributed by atoms with Crippen LogP contribution in [0, 0.1) is 47.4 Å². The van der Waals surface area contributed by atoms with E-state index in [4.69, 9.17) is 21.0 Å². The number of amides is 2. The molecule has 1 aliphatic carbocycles. The number of carbonyl (C=O) groups is 3. The van der Waals surface area contributed by atoms with Crippen LogP contribution in [0.2, 0.25) is 0 Å². The number of fused-ring (bicyclic) bond motifs is 3. The molecule has 0 unspecified atom stereocenters. The molecule has 5 heterocycles. The fourth-order valence-corrected chi connectivity index (χ4v) is 11.9. The van der Waals surface area contributed by atoms with Crippen LogP contribution >= 0.6 is 0 Å². The molecule has 3 fully saturated rings. The first-order chi connectivity index (χ1) is 35.1. The average molecular weight is 1230 g/mol. The van der Waals surface area contributed by atoms with Gasteiger partial charge in [-0.2, -0.15) is 13.2 Å². The third-order valence-corrected chi connectivity index (χ3v) is 15.4. The Labute approximate surface area is 443 Å². The van der Waals surface area contributed by atoms with Gasteiger partial charge in [0.1, 0.15) is 6.54 Å². The molecule has 1 aromatic carbocycles. The molecule has 0 spiro atoms. The standard InChI is InChI=1S/C53H64F7N9O5.Os/c1-31(2)45(66(8)48(70)35-21-34(22-35)12-14-52(55,56)57)28-62-42-13-15-61-32(3)37-24-38-40(26-51(5,6)30-74-50(72)43-11-10-16-69(64-43)49(42)71)47(68(29-53(58,59)60)44(38)25-41(37)54)39-23-36(27-63-46(39)33(4)73-9)67-19-17-65(7)18-20-67;/h3,23-25,27,31,33-35,42-43,45,62,64H,10-11,13,16-22,26,29-30H2,1-2,4-9H3;/q-2;/t33-,34?,35?,42-,43-,45+;/m0./s1. The van der Waals surface area contributed by atoms with Crippen molar-refractivity contribution in [3.63, 3.8) is 0 Å². The second-order valence-electron chi connectivity index (χ2n) is 21.1. The zero-order chi connectivity index (χ0) is 54.9. The van der Waals surface area contributed by atoms with E-state index in [9.17, 15) is 40.7 Å². The Hall–Kier alpha value is -5.05. The van der Waals surface area contributed by atoms with Crippen molar-refractivity contribution in [1.82, 2.24) is 35.1 Å². The number of likely N-dealkylation sites (N-methyl/N-ethyl adjacent to an activating group) is 2. The molecule has 4 atom stereocenters. The Bertz CT molecular complexity index is 2750. The molecule has 3 aromatic rings. The molecule has 2 aromatic heterocycles. The van der Waals surface area contributed by atoms with Gasteiger partial charge < -0.3 is 14.5 Å². The molecule has 4 aliphatic rings. The summed E-state index contributed by atoms with van der Waals surface area (Å²) in [5, 5.41) is 4.81.